The van der Waals surface area contributed by atoms with Crippen LogP contribution in [0.5, 0.6) is 0 Å². The van der Waals surface area contributed by atoms with Crippen LogP contribution in [0, 0.1) is 11.3 Å². The Labute approximate surface area is 237 Å². The maximum atomic E-state index is 15.3. The Balaban J connectivity index is 1.51. The first-order chi connectivity index (χ1) is 19.6. The van der Waals surface area contributed by atoms with E-state index in [1.54, 1.807) is 48.5 Å². The van der Waals surface area contributed by atoms with Gasteiger partial charge in [0, 0.05) is 20.0 Å². The number of nitrogens with two attached hydrogens (primary N) is 1. The fourth-order valence-corrected chi connectivity index (χ4v) is 4.42. The molecule has 2 atom stereocenters. The molecule has 2 heterocycles. The summed E-state index contributed by atoms with van der Waals surface area (Å²) in [6.45, 7) is -0.562. The maximum absolute atomic E-state index is 15.3. The number of anilines is 1. The summed E-state index contributed by atoms with van der Waals surface area (Å²) >= 11 is 5.84. The number of rotatable bonds is 12. The van der Waals surface area contributed by atoms with Crippen molar-refractivity contribution in [2.45, 2.75) is 30.8 Å². The van der Waals surface area contributed by atoms with E-state index in [4.69, 9.17) is 26.8 Å². The molecule has 2 aromatic carbocycles. The SMILES string of the molecule is COC(COC(Cc1ccc(-c2ccccc2C#N)cc1)(C(=O)O)C(=O)O)CC(F)n1cnc2c(N)nc(Cl)nc21. The molecule has 12 nitrogen and oxygen atoms in total. The van der Waals surface area contributed by atoms with Crippen LogP contribution in [-0.2, 0) is 25.5 Å². The number of aliphatic carboxylic acids is 2. The Morgan fingerprint density at radius 3 is 2.49 bits per heavy atom. The number of imidazole rings is 1. The highest BCUT2D eigenvalue weighted by molar-refractivity contribution is 6.28. The lowest BCUT2D eigenvalue weighted by Gasteiger charge is -2.28. The first-order valence-corrected chi connectivity index (χ1v) is 12.5. The highest BCUT2D eigenvalue weighted by atomic mass is 35.5. The van der Waals surface area contributed by atoms with Crippen molar-refractivity contribution in [2.75, 3.05) is 19.5 Å². The summed E-state index contributed by atoms with van der Waals surface area (Å²) in [7, 11) is 1.25. The summed E-state index contributed by atoms with van der Waals surface area (Å²) in [5, 5.41) is 29.0. The Morgan fingerprint density at radius 1 is 1.17 bits per heavy atom. The number of fused-ring (bicyclic) bond motifs is 1. The van der Waals surface area contributed by atoms with E-state index in [1.807, 2.05) is 0 Å². The van der Waals surface area contributed by atoms with Gasteiger partial charge in [-0.3, -0.25) is 4.57 Å². The predicted molar refractivity (Wildman–Crippen MR) is 145 cm³/mol. The molecule has 0 aliphatic carbocycles. The van der Waals surface area contributed by atoms with Gasteiger partial charge in [-0.05, 0) is 34.4 Å². The molecule has 0 aliphatic rings. The largest absolute Gasteiger partial charge is 0.479 e. The minimum Gasteiger partial charge on any atom is -0.479 e. The van der Waals surface area contributed by atoms with Crippen molar-refractivity contribution in [2.24, 2.45) is 0 Å². The zero-order valence-electron chi connectivity index (χ0n) is 21.6. The standard InChI is InChI=1S/C27H24ClFN6O6/c1-40-18(10-20(29)35-14-32-21-22(31)33-26(28)34-23(21)35)13-41-27(24(36)37,25(38)39)11-15-6-8-16(9-7-15)19-5-3-2-4-17(19)12-30/h2-9,14,18,20H,10-11,13H2,1H3,(H,36,37)(H,38,39)(H2,31,33,34). The van der Waals surface area contributed by atoms with E-state index in [2.05, 4.69) is 21.0 Å². The monoisotopic (exact) mass is 582 g/mol. The molecule has 0 radical (unpaired) electrons. The third-order valence-corrected chi connectivity index (χ3v) is 6.65. The van der Waals surface area contributed by atoms with Crippen LogP contribution in [0.25, 0.3) is 22.3 Å². The Morgan fingerprint density at radius 2 is 1.85 bits per heavy atom. The molecule has 2 aromatic heterocycles. The number of nitriles is 1. The van der Waals surface area contributed by atoms with Gasteiger partial charge in [0.15, 0.2) is 17.8 Å². The van der Waals surface area contributed by atoms with Crippen LogP contribution in [0.1, 0.15) is 23.8 Å². The van der Waals surface area contributed by atoms with E-state index in [0.717, 1.165) is 10.9 Å². The highest BCUT2D eigenvalue weighted by Crippen LogP contribution is 2.28. The summed E-state index contributed by atoms with van der Waals surface area (Å²) in [6.07, 6.45) is -2.59. The van der Waals surface area contributed by atoms with E-state index in [1.165, 1.54) is 7.11 Å². The Hall–Kier alpha value is -4.64. The molecule has 41 heavy (non-hydrogen) atoms. The van der Waals surface area contributed by atoms with Gasteiger partial charge < -0.3 is 25.4 Å². The summed E-state index contributed by atoms with van der Waals surface area (Å²) < 4.78 is 27.1. The van der Waals surface area contributed by atoms with Crippen molar-refractivity contribution in [1.82, 2.24) is 19.5 Å². The number of carboxylic acids is 2. The van der Waals surface area contributed by atoms with Crippen LogP contribution >= 0.6 is 11.6 Å². The normalized spacial score (nSPS) is 13.0. The van der Waals surface area contributed by atoms with Crippen LogP contribution < -0.4 is 5.73 Å². The van der Waals surface area contributed by atoms with Gasteiger partial charge in [0.2, 0.25) is 5.28 Å². The lowest BCUT2D eigenvalue weighted by atomic mass is 9.92. The molecular formula is C27H24ClFN6O6. The number of hydrogen-bond donors (Lipinski definition) is 3. The van der Waals surface area contributed by atoms with Crippen molar-refractivity contribution in [1.29, 1.82) is 5.26 Å². The number of carbonyl (C=O) groups is 2. The van der Waals surface area contributed by atoms with E-state index < -0.39 is 43.0 Å². The Bertz CT molecular complexity index is 1610. The van der Waals surface area contributed by atoms with Crippen molar-refractivity contribution >= 4 is 40.5 Å². The van der Waals surface area contributed by atoms with Gasteiger partial charge in [0.25, 0.3) is 5.60 Å². The van der Waals surface area contributed by atoms with Gasteiger partial charge in [-0.1, -0.05) is 42.5 Å². The first-order valence-electron chi connectivity index (χ1n) is 12.1. The summed E-state index contributed by atoms with van der Waals surface area (Å²) in [6, 6.07) is 15.5. The summed E-state index contributed by atoms with van der Waals surface area (Å²) in [5.41, 5.74) is 5.42. The number of benzene rings is 2. The molecule has 0 saturated carbocycles. The number of nitrogen functional groups attached to an aromatic ring is 1. The lowest BCUT2D eigenvalue weighted by molar-refractivity contribution is -0.188. The van der Waals surface area contributed by atoms with Crippen LogP contribution in [-0.4, -0.2) is 67.1 Å². The highest BCUT2D eigenvalue weighted by Gasteiger charge is 2.49. The second-order valence-corrected chi connectivity index (χ2v) is 9.35. The van der Waals surface area contributed by atoms with Crippen molar-refractivity contribution in [3.8, 4) is 17.2 Å². The second-order valence-electron chi connectivity index (χ2n) is 9.01. The summed E-state index contributed by atoms with van der Waals surface area (Å²) in [5.74, 6) is -3.51. The minimum atomic E-state index is -2.69. The lowest BCUT2D eigenvalue weighted by Crippen LogP contribution is -2.52. The topological polar surface area (TPSA) is 186 Å². The van der Waals surface area contributed by atoms with Crippen LogP contribution in [0.15, 0.2) is 54.9 Å². The number of ether oxygens (including phenoxy) is 2. The molecular weight excluding hydrogens is 559 g/mol. The van der Waals surface area contributed by atoms with Gasteiger partial charge in [0.05, 0.1) is 30.7 Å². The molecule has 14 heteroatoms. The average Bonchev–Trinajstić information content (AvgIpc) is 3.38. The van der Waals surface area contributed by atoms with Gasteiger partial charge >= 0.3 is 11.9 Å². The zero-order chi connectivity index (χ0) is 29.7. The molecule has 0 bridgehead atoms. The quantitative estimate of drug-likeness (QED) is 0.163. The number of carboxylic acid groups (broad SMARTS) is 2. The van der Waals surface area contributed by atoms with E-state index in [-0.39, 0.29) is 28.7 Å². The second kappa shape index (κ2) is 12.3. The number of nitrogens with zero attached hydrogens (tertiary/aromatic N) is 5. The summed E-state index contributed by atoms with van der Waals surface area (Å²) in [4.78, 5) is 36.2. The molecule has 0 saturated heterocycles. The molecule has 4 aromatic rings. The predicted octanol–water partition coefficient (Wildman–Crippen LogP) is 3.64. The minimum absolute atomic E-state index is 0.0346. The first kappa shape index (κ1) is 29.3. The molecule has 4 N–H and O–H groups in total. The number of hydrogen-bond acceptors (Lipinski definition) is 9. The van der Waals surface area contributed by atoms with Crippen molar-refractivity contribution < 1.29 is 33.7 Å². The van der Waals surface area contributed by atoms with Gasteiger partial charge in [0.1, 0.15) is 5.52 Å². The van der Waals surface area contributed by atoms with Gasteiger partial charge in [-0.2, -0.15) is 15.2 Å². The molecule has 0 fully saturated rings. The molecule has 4 rings (SSSR count). The van der Waals surface area contributed by atoms with Gasteiger partial charge in [-0.15, -0.1) is 0 Å². The third kappa shape index (κ3) is 6.09. The van der Waals surface area contributed by atoms with Crippen molar-refractivity contribution in [3.05, 3.63) is 71.3 Å². The van der Waals surface area contributed by atoms with Gasteiger partial charge in [-0.25, -0.2) is 19.0 Å². The van der Waals surface area contributed by atoms with E-state index in [0.29, 0.717) is 22.3 Å². The fraction of sp³-hybridized carbons (Fsp3) is 0.259. The molecule has 212 valence electrons. The van der Waals surface area contributed by atoms with Crippen LogP contribution in [0.2, 0.25) is 5.28 Å². The van der Waals surface area contributed by atoms with E-state index >= 15 is 4.39 Å². The molecule has 0 amide bonds. The van der Waals surface area contributed by atoms with E-state index in [9.17, 15) is 25.1 Å². The number of halogens is 2. The van der Waals surface area contributed by atoms with Crippen molar-refractivity contribution in [3.63, 3.8) is 0 Å². The third-order valence-electron chi connectivity index (χ3n) is 6.49. The number of methoxy groups -OCH3 is 1. The average molecular weight is 583 g/mol. The maximum Gasteiger partial charge on any atom is 0.348 e. The number of alkyl halides is 1. The molecule has 0 aliphatic heterocycles. The fourth-order valence-electron chi connectivity index (χ4n) is 4.25. The molecule has 2 unspecified atom stereocenters. The smallest absolute Gasteiger partial charge is 0.348 e. The van der Waals surface area contributed by atoms with Crippen LogP contribution in [0.4, 0.5) is 10.2 Å². The Kier molecular flexibility index (Phi) is 8.77. The zero-order valence-corrected chi connectivity index (χ0v) is 22.3. The van der Waals surface area contributed by atoms with Crippen LogP contribution in [0.3, 0.4) is 0 Å². The number of aromatic nitrogens is 4. The molecule has 0 spiro atoms.